The Labute approximate surface area is 175 Å². The molecule has 1 aliphatic heterocycles. The van der Waals surface area contributed by atoms with Crippen molar-refractivity contribution in [3.8, 4) is 5.75 Å². The van der Waals surface area contributed by atoms with Crippen LogP contribution < -0.4 is 10.0 Å². The summed E-state index contributed by atoms with van der Waals surface area (Å²) in [5, 5.41) is 12.6. The number of sulfonamides is 1. The van der Waals surface area contributed by atoms with Crippen molar-refractivity contribution < 1.29 is 27.4 Å². The molecule has 2 fully saturated rings. The Bertz CT molecular complexity index is 1080. The molecule has 4 rings (SSSR count). The van der Waals surface area contributed by atoms with Crippen molar-refractivity contribution in [3.63, 3.8) is 0 Å². The van der Waals surface area contributed by atoms with Gasteiger partial charge in [-0.05, 0) is 54.7 Å². The normalized spacial score (nSPS) is 16.9. The number of anilines is 1. The zero-order valence-corrected chi connectivity index (χ0v) is 17.5. The highest BCUT2D eigenvalue weighted by molar-refractivity contribution is 9.10. The number of ether oxygens (including phenoxy) is 1. The van der Waals surface area contributed by atoms with Gasteiger partial charge in [0.25, 0.3) is 15.9 Å². The number of rotatable bonds is 6. The number of phenolic OH excluding ortho intramolecular Hbond substituents is 1. The first kappa shape index (κ1) is 20.1. The molecule has 154 valence electrons. The standard InChI is InChI=1S/C19H18BrFN2O5S/c20-11-3-4-16(24)17(5-11)29(26,27)23-12-6-14(10-1-2-10)18(21)15(7-12)19(25)22-13-8-28-9-13/h3-7,10,13,23-24H,1-2,8-9H2,(H,22,25). The zero-order valence-electron chi connectivity index (χ0n) is 15.1. The summed E-state index contributed by atoms with van der Waals surface area (Å²) < 4.78 is 48.3. The number of carbonyl (C=O) groups is 1. The van der Waals surface area contributed by atoms with Gasteiger partial charge in [-0.2, -0.15) is 0 Å². The van der Waals surface area contributed by atoms with Crippen LogP contribution in [0.15, 0.2) is 39.7 Å². The molecule has 29 heavy (non-hydrogen) atoms. The second-order valence-electron chi connectivity index (χ2n) is 7.13. The summed E-state index contributed by atoms with van der Waals surface area (Å²) >= 11 is 3.17. The molecule has 0 unspecified atom stereocenters. The van der Waals surface area contributed by atoms with E-state index in [0.29, 0.717) is 23.2 Å². The number of benzene rings is 2. The van der Waals surface area contributed by atoms with Gasteiger partial charge in [0.05, 0.1) is 30.5 Å². The quantitative estimate of drug-likeness (QED) is 0.584. The maximum absolute atomic E-state index is 14.9. The Morgan fingerprint density at radius 1 is 1.21 bits per heavy atom. The van der Waals surface area contributed by atoms with Crippen LogP contribution in [0.1, 0.15) is 34.7 Å². The number of phenols is 1. The molecule has 1 aliphatic carbocycles. The van der Waals surface area contributed by atoms with Gasteiger partial charge in [-0.3, -0.25) is 9.52 Å². The van der Waals surface area contributed by atoms with E-state index in [9.17, 15) is 22.7 Å². The van der Waals surface area contributed by atoms with E-state index >= 15 is 0 Å². The van der Waals surface area contributed by atoms with Gasteiger partial charge in [0.2, 0.25) is 0 Å². The molecule has 1 saturated carbocycles. The van der Waals surface area contributed by atoms with E-state index in [1.165, 1.54) is 30.3 Å². The SMILES string of the molecule is O=C(NC1COC1)c1cc(NS(=O)(=O)c2cc(Br)ccc2O)cc(C2CC2)c1F. The first-order chi connectivity index (χ1) is 13.7. The smallest absolute Gasteiger partial charge is 0.265 e. The van der Waals surface area contributed by atoms with Gasteiger partial charge in [0, 0.05) is 4.47 Å². The number of amides is 1. The predicted molar refractivity (Wildman–Crippen MR) is 107 cm³/mol. The van der Waals surface area contributed by atoms with Crippen LogP contribution in [0.3, 0.4) is 0 Å². The Hall–Kier alpha value is -2.17. The van der Waals surface area contributed by atoms with E-state index in [2.05, 4.69) is 26.0 Å². The number of aromatic hydroxyl groups is 1. The predicted octanol–water partition coefficient (Wildman–Crippen LogP) is 3.10. The lowest BCUT2D eigenvalue weighted by Gasteiger charge is -2.27. The lowest BCUT2D eigenvalue weighted by molar-refractivity contribution is -0.00353. The minimum atomic E-state index is -4.16. The Kier molecular flexibility index (Phi) is 5.26. The van der Waals surface area contributed by atoms with Gasteiger partial charge in [0.1, 0.15) is 16.5 Å². The highest BCUT2D eigenvalue weighted by Crippen LogP contribution is 2.43. The Morgan fingerprint density at radius 2 is 1.93 bits per heavy atom. The van der Waals surface area contributed by atoms with Crippen LogP contribution in [0.25, 0.3) is 0 Å². The van der Waals surface area contributed by atoms with Gasteiger partial charge in [-0.15, -0.1) is 0 Å². The maximum Gasteiger partial charge on any atom is 0.265 e. The number of hydrogen-bond donors (Lipinski definition) is 3. The summed E-state index contributed by atoms with van der Waals surface area (Å²) in [7, 11) is -4.16. The Morgan fingerprint density at radius 3 is 2.55 bits per heavy atom. The maximum atomic E-state index is 14.9. The van der Waals surface area contributed by atoms with Crippen LogP contribution in [-0.2, 0) is 14.8 Å². The highest BCUT2D eigenvalue weighted by Gasteiger charge is 2.31. The van der Waals surface area contributed by atoms with Crippen molar-refractivity contribution in [1.82, 2.24) is 5.32 Å². The third-order valence-electron chi connectivity index (χ3n) is 4.80. The van der Waals surface area contributed by atoms with Gasteiger partial charge in [0.15, 0.2) is 0 Å². The van der Waals surface area contributed by atoms with E-state index in [0.717, 1.165) is 12.8 Å². The largest absolute Gasteiger partial charge is 0.507 e. The summed E-state index contributed by atoms with van der Waals surface area (Å²) in [5.41, 5.74) is 0.138. The van der Waals surface area contributed by atoms with Crippen LogP contribution in [0.5, 0.6) is 5.75 Å². The molecule has 2 aromatic rings. The van der Waals surface area contributed by atoms with Crippen molar-refractivity contribution >= 4 is 37.5 Å². The highest BCUT2D eigenvalue weighted by atomic mass is 79.9. The van der Waals surface area contributed by atoms with Crippen molar-refractivity contribution in [3.05, 3.63) is 51.7 Å². The topological polar surface area (TPSA) is 105 Å². The third kappa shape index (κ3) is 4.24. The molecule has 0 radical (unpaired) electrons. The van der Waals surface area contributed by atoms with Crippen LogP contribution in [-0.4, -0.2) is 38.7 Å². The zero-order chi connectivity index (χ0) is 20.8. The summed E-state index contributed by atoms with van der Waals surface area (Å²) in [4.78, 5) is 12.2. The third-order valence-corrected chi connectivity index (χ3v) is 6.70. The number of carbonyl (C=O) groups excluding carboxylic acids is 1. The molecule has 0 bridgehead atoms. The molecule has 10 heteroatoms. The van der Waals surface area contributed by atoms with E-state index in [-0.39, 0.29) is 28.1 Å². The van der Waals surface area contributed by atoms with Crippen LogP contribution >= 0.6 is 15.9 Å². The molecule has 0 spiro atoms. The fraction of sp³-hybridized carbons (Fsp3) is 0.316. The summed E-state index contributed by atoms with van der Waals surface area (Å²) in [6.07, 6.45) is 1.55. The van der Waals surface area contributed by atoms with E-state index in [4.69, 9.17) is 4.74 Å². The van der Waals surface area contributed by atoms with Crippen LogP contribution in [0.2, 0.25) is 0 Å². The summed E-state index contributed by atoms with van der Waals surface area (Å²) in [6.45, 7) is 0.717. The monoisotopic (exact) mass is 484 g/mol. The van der Waals surface area contributed by atoms with Crippen LogP contribution in [0.4, 0.5) is 10.1 Å². The van der Waals surface area contributed by atoms with Crippen molar-refractivity contribution in [1.29, 1.82) is 0 Å². The first-order valence-electron chi connectivity index (χ1n) is 8.98. The molecule has 0 aromatic heterocycles. The van der Waals surface area contributed by atoms with Crippen molar-refractivity contribution in [2.75, 3.05) is 17.9 Å². The molecule has 0 atom stereocenters. The molecule has 2 aromatic carbocycles. The average molecular weight is 485 g/mol. The fourth-order valence-electron chi connectivity index (χ4n) is 3.06. The van der Waals surface area contributed by atoms with Gasteiger partial charge < -0.3 is 15.2 Å². The minimum Gasteiger partial charge on any atom is -0.507 e. The molecule has 1 heterocycles. The van der Waals surface area contributed by atoms with Crippen molar-refractivity contribution in [2.24, 2.45) is 0 Å². The Balaban J connectivity index is 1.69. The lowest BCUT2D eigenvalue weighted by Crippen LogP contribution is -2.48. The van der Waals surface area contributed by atoms with Crippen molar-refractivity contribution in [2.45, 2.75) is 29.7 Å². The van der Waals surface area contributed by atoms with Crippen LogP contribution in [0, 0.1) is 5.82 Å². The second kappa shape index (κ2) is 7.58. The molecule has 7 nitrogen and oxygen atoms in total. The fourth-order valence-corrected chi connectivity index (χ4v) is 4.73. The lowest BCUT2D eigenvalue weighted by atomic mass is 10.0. The van der Waals surface area contributed by atoms with E-state index in [1.54, 1.807) is 0 Å². The second-order valence-corrected chi connectivity index (χ2v) is 9.69. The van der Waals surface area contributed by atoms with Gasteiger partial charge in [-0.25, -0.2) is 12.8 Å². The summed E-state index contributed by atoms with van der Waals surface area (Å²) in [5.74, 6) is -1.73. The molecule has 1 saturated heterocycles. The molecule has 1 amide bonds. The number of halogens is 2. The minimum absolute atomic E-state index is 0.0442. The molecular formula is C19H18BrFN2O5S. The van der Waals surface area contributed by atoms with E-state index < -0.39 is 27.5 Å². The first-order valence-corrected chi connectivity index (χ1v) is 11.3. The molecule has 3 N–H and O–H groups in total. The van der Waals surface area contributed by atoms with Gasteiger partial charge >= 0.3 is 0 Å². The molecule has 2 aliphatic rings. The molecular weight excluding hydrogens is 467 g/mol. The van der Waals surface area contributed by atoms with Gasteiger partial charge in [-0.1, -0.05) is 15.9 Å². The average Bonchev–Trinajstić information content (AvgIpc) is 3.46. The summed E-state index contributed by atoms with van der Waals surface area (Å²) in [6, 6.07) is 6.39. The number of nitrogens with one attached hydrogen (secondary N) is 2. The van der Waals surface area contributed by atoms with E-state index in [1.807, 2.05) is 0 Å². The number of hydrogen-bond acceptors (Lipinski definition) is 5.